The molecule has 2 aromatic rings. The van der Waals surface area contributed by atoms with Crippen LogP contribution in [0.4, 0.5) is 10.1 Å². The zero-order valence-electron chi connectivity index (χ0n) is 9.72. The van der Waals surface area contributed by atoms with Gasteiger partial charge in [-0.05, 0) is 23.6 Å². The van der Waals surface area contributed by atoms with Crippen molar-refractivity contribution in [3.8, 4) is 0 Å². The number of amides is 1. The molecule has 1 heterocycles. The van der Waals surface area contributed by atoms with Crippen LogP contribution in [0.25, 0.3) is 0 Å². The third kappa shape index (κ3) is 3.17. The van der Waals surface area contributed by atoms with Gasteiger partial charge < -0.3 is 10.4 Å². The second-order valence-corrected chi connectivity index (χ2v) is 4.80. The molecule has 1 amide bonds. The molecule has 0 radical (unpaired) electrons. The summed E-state index contributed by atoms with van der Waals surface area (Å²) in [7, 11) is 0. The smallest absolute Gasteiger partial charge is 0.340 e. The molecule has 2 rings (SSSR count). The van der Waals surface area contributed by atoms with Gasteiger partial charge in [0.1, 0.15) is 11.4 Å². The molecule has 0 bridgehead atoms. The van der Waals surface area contributed by atoms with Crippen molar-refractivity contribution in [1.82, 2.24) is 0 Å². The number of carbonyl (C=O) groups is 2. The third-order valence-electron chi connectivity index (χ3n) is 2.42. The summed E-state index contributed by atoms with van der Waals surface area (Å²) in [5.41, 5.74) is -0.559. The Kier molecular flexibility index (Phi) is 3.91. The molecule has 4 nitrogen and oxygen atoms in total. The van der Waals surface area contributed by atoms with Gasteiger partial charge in [0.05, 0.1) is 12.1 Å². The van der Waals surface area contributed by atoms with Gasteiger partial charge in [-0.25, -0.2) is 9.18 Å². The Bertz CT molecular complexity index is 610. The average Bonchev–Trinajstić information content (AvgIpc) is 2.81. The summed E-state index contributed by atoms with van der Waals surface area (Å²) in [4.78, 5) is 23.6. The van der Waals surface area contributed by atoms with Crippen LogP contribution in [0, 0.1) is 5.82 Å². The molecule has 0 fully saturated rings. The molecule has 1 aromatic heterocycles. The van der Waals surface area contributed by atoms with Crippen molar-refractivity contribution in [2.75, 3.05) is 5.32 Å². The van der Waals surface area contributed by atoms with Gasteiger partial charge in [-0.1, -0.05) is 12.1 Å². The van der Waals surface area contributed by atoms with E-state index in [1.165, 1.54) is 23.5 Å². The molecule has 2 N–H and O–H groups in total. The minimum atomic E-state index is -1.41. The van der Waals surface area contributed by atoms with Crippen molar-refractivity contribution in [3.63, 3.8) is 0 Å². The molecule has 0 aliphatic carbocycles. The number of benzene rings is 1. The Balaban J connectivity index is 2.17. The number of hydrogen-bond donors (Lipinski definition) is 2. The SMILES string of the molecule is O=C(Cc1cccs1)Nc1cccc(F)c1C(=O)O. The molecular formula is C13H10FNO3S. The zero-order valence-corrected chi connectivity index (χ0v) is 10.5. The van der Waals surface area contributed by atoms with Gasteiger partial charge in [0.2, 0.25) is 5.91 Å². The molecule has 6 heteroatoms. The van der Waals surface area contributed by atoms with E-state index in [0.717, 1.165) is 10.9 Å². The standard InChI is InChI=1S/C13H10FNO3S/c14-9-4-1-5-10(12(9)13(17)18)15-11(16)7-8-3-2-6-19-8/h1-6H,7H2,(H,15,16)(H,17,18). The van der Waals surface area contributed by atoms with Crippen LogP contribution in [0.1, 0.15) is 15.2 Å². The minimum Gasteiger partial charge on any atom is -0.478 e. The van der Waals surface area contributed by atoms with E-state index in [2.05, 4.69) is 5.32 Å². The fraction of sp³-hybridized carbons (Fsp3) is 0.0769. The molecule has 19 heavy (non-hydrogen) atoms. The average molecular weight is 279 g/mol. The molecule has 0 aliphatic heterocycles. The normalized spacial score (nSPS) is 10.2. The zero-order chi connectivity index (χ0) is 13.8. The summed E-state index contributed by atoms with van der Waals surface area (Å²) >= 11 is 1.42. The quantitative estimate of drug-likeness (QED) is 0.904. The van der Waals surface area contributed by atoms with Gasteiger partial charge in [0, 0.05) is 4.88 Å². The van der Waals surface area contributed by atoms with Gasteiger partial charge in [0.15, 0.2) is 0 Å². The van der Waals surface area contributed by atoms with E-state index in [1.54, 1.807) is 6.07 Å². The first kappa shape index (κ1) is 13.2. The van der Waals surface area contributed by atoms with Crippen LogP contribution < -0.4 is 5.32 Å². The molecule has 98 valence electrons. The number of thiophene rings is 1. The second-order valence-electron chi connectivity index (χ2n) is 3.77. The Morgan fingerprint density at radius 1 is 1.26 bits per heavy atom. The van der Waals surface area contributed by atoms with E-state index >= 15 is 0 Å². The van der Waals surface area contributed by atoms with Gasteiger partial charge in [-0.3, -0.25) is 4.79 Å². The van der Waals surface area contributed by atoms with Crippen LogP contribution in [0.2, 0.25) is 0 Å². The number of aromatic carboxylic acids is 1. The second kappa shape index (κ2) is 5.62. The lowest BCUT2D eigenvalue weighted by molar-refractivity contribution is -0.115. The molecule has 0 spiro atoms. The summed E-state index contributed by atoms with van der Waals surface area (Å²) in [6.07, 6.45) is 0.132. The lowest BCUT2D eigenvalue weighted by Crippen LogP contribution is -2.17. The molecular weight excluding hydrogens is 269 g/mol. The number of nitrogens with one attached hydrogen (secondary N) is 1. The summed E-state index contributed by atoms with van der Waals surface area (Å²) in [5.74, 6) is -2.67. The highest BCUT2D eigenvalue weighted by Crippen LogP contribution is 2.19. The van der Waals surface area contributed by atoms with Crippen LogP contribution in [0.5, 0.6) is 0 Å². The van der Waals surface area contributed by atoms with Crippen molar-refractivity contribution in [1.29, 1.82) is 0 Å². The number of rotatable bonds is 4. The predicted octanol–water partition coefficient (Wildman–Crippen LogP) is 2.77. The highest BCUT2D eigenvalue weighted by atomic mass is 32.1. The van der Waals surface area contributed by atoms with Crippen LogP contribution >= 0.6 is 11.3 Å². The number of carboxylic acid groups (broad SMARTS) is 1. The first-order chi connectivity index (χ1) is 9.08. The van der Waals surface area contributed by atoms with Crippen LogP contribution in [-0.2, 0) is 11.2 Å². The molecule has 0 aliphatic rings. The van der Waals surface area contributed by atoms with Crippen LogP contribution in [0.3, 0.4) is 0 Å². The Labute approximate surface area is 112 Å². The maximum absolute atomic E-state index is 13.4. The summed E-state index contributed by atoms with van der Waals surface area (Å²) in [5, 5.41) is 13.2. The van der Waals surface area contributed by atoms with E-state index in [-0.39, 0.29) is 18.0 Å². The molecule has 0 atom stereocenters. The van der Waals surface area contributed by atoms with Gasteiger partial charge in [-0.2, -0.15) is 0 Å². The summed E-state index contributed by atoms with van der Waals surface area (Å²) in [6, 6.07) is 7.37. The Morgan fingerprint density at radius 2 is 2.05 bits per heavy atom. The van der Waals surface area contributed by atoms with Gasteiger partial charge in [0.25, 0.3) is 0 Å². The fourth-order valence-corrected chi connectivity index (χ4v) is 2.31. The highest BCUT2D eigenvalue weighted by molar-refractivity contribution is 7.10. The summed E-state index contributed by atoms with van der Waals surface area (Å²) < 4.78 is 13.4. The molecule has 0 saturated carbocycles. The maximum Gasteiger partial charge on any atom is 0.340 e. The number of carbonyl (C=O) groups excluding carboxylic acids is 1. The first-order valence-corrected chi connectivity index (χ1v) is 6.30. The minimum absolute atomic E-state index is 0.0333. The lowest BCUT2D eigenvalue weighted by atomic mass is 10.1. The van der Waals surface area contributed by atoms with Crippen LogP contribution in [-0.4, -0.2) is 17.0 Å². The van der Waals surface area contributed by atoms with Gasteiger partial charge >= 0.3 is 5.97 Å². The van der Waals surface area contributed by atoms with Crippen LogP contribution in [0.15, 0.2) is 35.7 Å². The summed E-state index contributed by atoms with van der Waals surface area (Å²) in [6.45, 7) is 0. The van der Waals surface area contributed by atoms with E-state index in [1.807, 2.05) is 11.4 Å². The van der Waals surface area contributed by atoms with E-state index in [0.29, 0.717) is 0 Å². The van der Waals surface area contributed by atoms with Gasteiger partial charge in [-0.15, -0.1) is 11.3 Å². The predicted molar refractivity (Wildman–Crippen MR) is 70.0 cm³/mol. The third-order valence-corrected chi connectivity index (χ3v) is 3.29. The fourth-order valence-electron chi connectivity index (χ4n) is 1.61. The number of hydrogen-bond acceptors (Lipinski definition) is 3. The highest BCUT2D eigenvalue weighted by Gasteiger charge is 2.17. The molecule has 0 saturated heterocycles. The lowest BCUT2D eigenvalue weighted by Gasteiger charge is -2.08. The number of anilines is 1. The van der Waals surface area contributed by atoms with Crippen molar-refractivity contribution >= 4 is 28.9 Å². The van der Waals surface area contributed by atoms with E-state index in [4.69, 9.17) is 5.11 Å². The number of halogens is 1. The largest absolute Gasteiger partial charge is 0.478 e. The topological polar surface area (TPSA) is 66.4 Å². The molecule has 1 aromatic carbocycles. The Hall–Kier alpha value is -2.21. The van der Waals surface area contributed by atoms with Crippen molar-refractivity contribution < 1.29 is 19.1 Å². The van der Waals surface area contributed by atoms with Crippen molar-refractivity contribution in [3.05, 3.63) is 52.0 Å². The number of carboxylic acids is 1. The van der Waals surface area contributed by atoms with Crippen molar-refractivity contribution in [2.24, 2.45) is 0 Å². The Morgan fingerprint density at radius 3 is 2.68 bits per heavy atom. The maximum atomic E-state index is 13.4. The first-order valence-electron chi connectivity index (χ1n) is 5.42. The van der Waals surface area contributed by atoms with Crippen molar-refractivity contribution in [2.45, 2.75) is 6.42 Å². The molecule has 0 unspecified atom stereocenters. The van der Waals surface area contributed by atoms with E-state index < -0.39 is 17.3 Å². The van der Waals surface area contributed by atoms with E-state index in [9.17, 15) is 14.0 Å². The monoisotopic (exact) mass is 279 g/mol.